The van der Waals surface area contributed by atoms with Crippen molar-refractivity contribution in [3.63, 3.8) is 0 Å². The minimum atomic E-state index is -1.70. The van der Waals surface area contributed by atoms with Crippen molar-refractivity contribution in [3.8, 4) is 78.7 Å². The Hall–Kier alpha value is -6.23. The van der Waals surface area contributed by atoms with E-state index in [4.69, 9.17) is 15.0 Å². The van der Waals surface area contributed by atoms with Crippen LogP contribution in [0.25, 0.3) is 78.7 Å². The van der Waals surface area contributed by atoms with Crippen LogP contribution in [0.3, 0.4) is 0 Å². The lowest BCUT2D eigenvalue weighted by Crippen LogP contribution is -2.49. The maximum Gasteiger partial charge on any atom is 0.164 e. The summed E-state index contributed by atoms with van der Waals surface area (Å²) in [5.74, 6) is 1.98. The summed E-state index contributed by atoms with van der Waals surface area (Å²) >= 11 is 0. The molecular formula is C47H35N3Si. The van der Waals surface area contributed by atoms with Gasteiger partial charge < -0.3 is 0 Å². The van der Waals surface area contributed by atoms with Gasteiger partial charge in [-0.25, -0.2) is 15.0 Å². The molecular weight excluding hydrogens is 635 g/mol. The molecule has 0 amide bonds. The van der Waals surface area contributed by atoms with Gasteiger partial charge in [0.2, 0.25) is 0 Å². The van der Waals surface area contributed by atoms with Gasteiger partial charge in [-0.15, -0.1) is 0 Å². The zero-order valence-corrected chi connectivity index (χ0v) is 29.6. The molecule has 0 unspecified atom stereocenters. The van der Waals surface area contributed by atoms with Gasteiger partial charge in [0, 0.05) is 16.7 Å². The molecule has 1 aliphatic heterocycles. The first kappa shape index (κ1) is 30.8. The molecule has 0 saturated heterocycles. The van der Waals surface area contributed by atoms with Crippen LogP contribution in [0, 0.1) is 0 Å². The molecule has 0 radical (unpaired) electrons. The Bertz CT molecular complexity index is 2450. The smallest absolute Gasteiger partial charge is 0.164 e. The first-order chi connectivity index (χ1) is 25.0. The lowest BCUT2D eigenvalue weighted by molar-refractivity contribution is 1.07. The van der Waals surface area contributed by atoms with Crippen molar-refractivity contribution in [3.05, 3.63) is 176 Å². The highest BCUT2D eigenvalue weighted by Crippen LogP contribution is 2.33. The fourth-order valence-electron chi connectivity index (χ4n) is 7.34. The monoisotopic (exact) mass is 669 g/mol. The lowest BCUT2D eigenvalue weighted by atomic mass is 9.97. The number of nitrogens with zero attached hydrogens (tertiary/aromatic N) is 3. The van der Waals surface area contributed by atoms with Crippen LogP contribution in [0.4, 0.5) is 0 Å². The number of hydrogen-bond donors (Lipinski definition) is 0. The predicted octanol–water partition coefficient (Wildman–Crippen LogP) is 10.7. The van der Waals surface area contributed by atoms with Crippen LogP contribution < -0.4 is 10.4 Å². The van der Waals surface area contributed by atoms with E-state index in [-0.39, 0.29) is 0 Å². The van der Waals surface area contributed by atoms with Crippen LogP contribution in [-0.2, 0) is 0 Å². The summed E-state index contributed by atoms with van der Waals surface area (Å²) in [7, 11) is -1.70. The molecule has 3 nitrogen and oxygen atoms in total. The van der Waals surface area contributed by atoms with Crippen molar-refractivity contribution in [1.29, 1.82) is 0 Å². The average molecular weight is 670 g/mol. The molecule has 242 valence electrons. The molecule has 2 heterocycles. The minimum Gasteiger partial charge on any atom is -0.208 e. The summed E-state index contributed by atoms with van der Waals surface area (Å²) in [5.41, 5.74) is 13.0. The molecule has 0 saturated carbocycles. The van der Waals surface area contributed by atoms with Crippen molar-refractivity contribution in [1.82, 2.24) is 15.0 Å². The van der Waals surface area contributed by atoms with E-state index in [0.717, 1.165) is 22.3 Å². The molecule has 1 aliphatic rings. The van der Waals surface area contributed by atoms with Crippen LogP contribution in [0.1, 0.15) is 0 Å². The Morgan fingerprint density at radius 3 is 1.10 bits per heavy atom. The maximum absolute atomic E-state index is 4.88. The summed E-state index contributed by atoms with van der Waals surface area (Å²) in [4.78, 5) is 14.6. The van der Waals surface area contributed by atoms with Gasteiger partial charge in [-0.3, -0.25) is 0 Å². The van der Waals surface area contributed by atoms with E-state index in [2.05, 4.69) is 128 Å². The molecule has 0 spiro atoms. The largest absolute Gasteiger partial charge is 0.208 e. The summed E-state index contributed by atoms with van der Waals surface area (Å²) in [6, 6.07) is 62.5. The highest BCUT2D eigenvalue weighted by atomic mass is 28.3. The van der Waals surface area contributed by atoms with Crippen LogP contribution >= 0.6 is 0 Å². The van der Waals surface area contributed by atoms with E-state index in [1.165, 1.54) is 44.1 Å². The second kappa shape index (κ2) is 12.6. The van der Waals surface area contributed by atoms with Crippen LogP contribution in [0.5, 0.6) is 0 Å². The molecule has 9 rings (SSSR count). The molecule has 0 N–H and O–H groups in total. The lowest BCUT2D eigenvalue weighted by Gasteiger charge is -2.19. The number of hydrogen-bond acceptors (Lipinski definition) is 3. The molecule has 8 aromatic rings. The van der Waals surface area contributed by atoms with Gasteiger partial charge in [-0.05, 0) is 54.9 Å². The second-order valence-electron chi connectivity index (χ2n) is 13.7. The topological polar surface area (TPSA) is 38.7 Å². The maximum atomic E-state index is 4.88. The van der Waals surface area contributed by atoms with Crippen molar-refractivity contribution >= 4 is 18.4 Å². The van der Waals surface area contributed by atoms with Crippen molar-refractivity contribution in [2.24, 2.45) is 0 Å². The van der Waals surface area contributed by atoms with Crippen LogP contribution in [-0.4, -0.2) is 23.0 Å². The van der Waals surface area contributed by atoms with Crippen molar-refractivity contribution in [2.45, 2.75) is 13.1 Å². The molecule has 51 heavy (non-hydrogen) atoms. The summed E-state index contributed by atoms with van der Waals surface area (Å²) < 4.78 is 0. The van der Waals surface area contributed by atoms with Gasteiger partial charge in [-0.2, -0.15) is 0 Å². The van der Waals surface area contributed by atoms with E-state index in [0.29, 0.717) is 17.5 Å². The van der Waals surface area contributed by atoms with Crippen LogP contribution in [0.2, 0.25) is 13.1 Å². The number of rotatable bonds is 6. The molecule has 7 aromatic carbocycles. The van der Waals surface area contributed by atoms with E-state index >= 15 is 0 Å². The molecule has 0 atom stereocenters. The Morgan fingerprint density at radius 1 is 0.294 bits per heavy atom. The Kier molecular flexibility index (Phi) is 7.60. The van der Waals surface area contributed by atoms with Gasteiger partial charge in [0.1, 0.15) is 8.07 Å². The summed E-state index contributed by atoms with van der Waals surface area (Å²) in [5, 5.41) is 3.08. The third-order valence-electron chi connectivity index (χ3n) is 10.2. The van der Waals surface area contributed by atoms with Gasteiger partial charge >= 0.3 is 0 Å². The fourth-order valence-corrected chi connectivity index (χ4v) is 10.4. The Morgan fingerprint density at radius 2 is 0.627 bits per heavy atom. The van der Waals surface area contributed by atoms with E-state index in [1.54, 1.807) is 5.19 Å². The molecule has 0 fully saturated rings. The fraction of sp³-hybridized carbons (Fsp3) is 0.0426. The third kappa shape index (κ3) is 5.70. The zero-order chi connectivity index (χ0) is 34.4. The summed E-state index contributed by atoms with van der Waals surface area (Å²) in [6.07, 6.45) is 0. The third-order valence-corrected chi connectivity index (χ3v) is 13.7. The molecule has 4 heteroatoms. The number of fused-ring (bicyclic) bond motifs is 3. The zero-order valence-electron chi connectivity index (χ0n) is 28.6. The normalized spacial score (nSPS) is 12.7. The van der Waals surface area contributed by atoms with E-state index in [9.17, 15) is 0 Å². The SMILES string of the molecule is C[Si]1(C)c2ccccc2-c2ccc(-c3ccc(-c4ccc(-c5ccc(-c6nc(-c7ccccc7)nc(-c7ccccc7)n6)cc5)cc4)cc3)cc21. The Labute approximate surface area is 300 Å². The van der Waals surface area contributed by atoms with Crippen LogP contribution in [0.15, 0.2) is 176 Å². The van der Waals surface area contributed by atoms with Gasteiger partial charge in [0.05, 0.1) is 0 Å². The standard InChI is InChI=1S/C47H35N3Si/c1-51(2)43-16-10-9-15-41(43)42-30-29-40(31-44(42)51)36-23-21-34(22-24-36)32-17-19-33(20-18-32)35-25-27-39(28-26-35)47-49-45(37-11-5-3-6-12-37)48-46(50-47)38-13-7-4-8-14-38/h3-31H,1-2H3. The van der Waals surface area contributed by atoms with Gasteiger partial charge in [0.25, 0.3) is 0 Å². The minimum absolute atomic E-state index is 0.656. The number of aromatic nitrogens is 3. The number of benzene rings is 7. The first-order valence-electron chi connectivity index (χ1n) is 17.4. The van der Waals surface area contributed by atoms with Crippen molar-refractivity contribution in [2.75, 3.05) is 0 Å². The first-order valence-corrected chi connectivity index (χ1v) is 20.4. The highest BCUT2D eigenvalue weighted by molar-refractivity contribution is 7.03. The second-order valence-corrected chi connectivity index (χ2v) is 18.0. The quantitative estimate of drug-likeness (QED) is 0.165. The predicted molar refractivity (Wildman–Crippen MR) is 215 cm³/mol. The molecule has 1 aromatic heterocycles. The molecule has 0 bridgehead atoms. The average Bonchev–Trinajstić information content (AvgIpc) is 3.44. The molecule has 0 aliphatic carbocycles. The van der Waals surface area contributed by atoms with Gasteiger partial charge in [0.15, 0.2) is 17.5 Å². The van der Waals surface area contributed by atoms with Gasteiger partial charge in [-0.1, -0.05) is 189 Å². The summed E-state index contributed by atoms with van der Waals surface area (Å²) in [6.45, 7) is 4.95. The Balaban J connectivity index is 0.952. The van der Waals surface area contributed by atoms with E-state index in [1.807, 2.05) is 60.7 Å². The highest BCUT2D eigenvalue weighted by Gasteiger charge is 2.37. The van der Waals surface area contributed by atoms with E-state index < -0.39 is 8.07 Å². The van der Waals surface area contributed by atoms with Crippen molar-refractivity contribution < 1.29 is 0 Å².